The molecule has 2 N–H and O–H groups in total. The van der Waals surface area contributed by atoms with Crippen LogP contribution in [0.5, 0.6) is 0 Å². The lowest BCUT2D eigenvalue weighted by Crippen LogP contribution is -2.21. The lowest BCUT2D eigenvalue weighted by atomic mass is 10.2. The van der Waals surface area contributed by atoms with Crippen LogP contribution in [-0.2, 0) is 11.3 Å². The Morgan fingerprint density at radius 3 is 2.77 bits per heavy atom. The Kier molecular flexibility index (Phi) is 5.96. The number of nitrogens with one attached hydrogen (secondary N) is 2. The van der Waals surface area contributed by atoms with Crippen molar-refractivity contribution in [2.24, 2.45) is 0 Å². The van der Waals surface area contributed by atoms with Crippen LogP contribution in [-0.4, -0.2) is 12.5 Å². The van der Waals surface area contributed by atoms with Gasteiger partial charge in [0.15, 0.2) is 0 Å². The summed E-state index contributed by atoms with van der Waals surface area (Å²) in [6, 6.07) is 16.5. The van der Waals surface area contributed by atoms with Crippen LogP contribution in [0, 0.1) is 11.3 Å². The first-order chi connectivity index (χ1) is 10.7. The fraction of sp³-hybridized carbons (Fsp3) is 0.176. The second-order valence-electron chi connectivity index (χ2n) is 4.76. The van der Waals surface area contributed by atoms with E-state index in [2.05, 4.69) is 10.6 Å². The van der Waals surface area contributed by atoms with E-state index in [1.807, 2.05) is 30.3 Å². The number of hydrogen-bond acceptors (Lipinski definition) is 3. The maximum atomic E-state index is 11.8. The average molecular weight is 314 g/mol. The molecule has 0 saturated carbocycles. The Bertz CT molecular complexity index is 694. The van der Waals surface area contributed by atoms with Crippen LogP contribution in [0.3, 0.4) is 0 Å². The Balaban J connectivity index is 1.74. The number of amides is 1. The number of halogens is 1. The molecule has 0 aromatic heterocycles. The average Bonchev–Trinajstić information content (AvgIpc) is 2.53. The minimum absolute atomic E-state index is 0.0956. The van der Waals surface area contributed by atoms with Gasteiger partial charge in [-0.3, -0.25) is 4.79 Å². The molecule has 0 heterocycles. The molecule has 2 rings (SSSR count). The van der Waals surface area contributed by atoms with Gasteiger partial charge >= 0.3 is 0 Å². The van der Waals surface area contributed by atoms with Crippen LogP contribution in [0.1, 0.15) is 17.5 Å². The first-order valence-electron chi connectivity index (χ1n) is 6.93. The van der Waals surface area contributed by atoms with E-state index in [9.17, 15) is 4.79 Å². The molecule has 0 fully saturated rings. The highest BCUT2D eigenvalue weighted by atomic mass is 35.5. The number of rotatable bonds is 6. The fourth-order valence-electron chi connectivity index (χ4n) is 1.96. The van der Waals surface area contributed by atoms with Crippen LogP contribution in [0.25, 0.3) is 0 Å². The number of hydrogen-bond donors (Lipinski definition) is 2. The number of carbonyl (C=O) groups is 1. The molecule has 4 nitrogen and oxygen atoms in total. The van der Waals surface area contributed by atoms with Crippen LogP contribution < -0.4 is 10.6 Å². The standard InChI is InChI=1S/C17H16ClN3O/c18-16-7-2-1-5-14(16)12-20-9-8-17(22)21-15-6-3-4-13(10-15)11-19/h1-7,10,20H,8-9,12H2,(H,21,22). The Morgan fingerprint density at radius 1 is 1.18 bits per heavy atom. The number of anilines is 1. The summed E-state index contributed by atoms with van der Waals surface area (Å²) in [6.07, 6.45) is 0.348. The van der Waals surface area contributed by atoms with Crippen molar-refractivity contribution >= 4 is 23.2 Å². The minimum Gasteiger partial charge on any atom is -0.326 e. The zero-order chi connectivity index (χ0) is 15.8. The molecular weight excluding hydrogens is 298 g/mol. The molecule has 0 saturated heterocycles. The Morgan fingerprint density at radius 2 is 2.00 bits per heavy atom. The lowest BCUT2D eigenvalue weighted by molar-refractivity contribution is -0.116. The quantitative estimate of drug-likeness (QED) is 0.804. The normalized spacial score (nSPS) is 10.0. The molecule has 1 amide bonds. The second-order valence-corrected chi connectivity index (χ2v) is 5.17. The van der Waals surface area contributed by atoms with Crippen molar-refractivity contribution in [2.45, 2.75) is 13.0 Å². The van der Waals surface area contributed by atoms with Crippen molar-refractivity contribution in [1.82, 2.24) is 5.32 Å². The first kappa shape index (κ1) is 16.0. The second kappa shape index (κ2) is 8.18. The van der Waals surface area contributed by atoms with Crippen molar-refractivity contribution < 1.29 is 4.79 Å². The molecule has 0 bridgehead atoms. The van der Waals surface area contributed by atoms with Gasteiger partial charge in [0.2, 0.25) is 5.91 Å². The molecule has 0 unspecified atom stereocenters. The van der Waals surface area contributed by atoms with Gasteiger partial charge in [0, 0.05) is 30.2 Å². The van der Waals surface area contributed by atoms with E-state index in [1.165, 1.54) is 0 Å². The zero-order valence-corrected chi connectivity index (χ0v) is 12.7. The monoisotopic (exact) mass is 313 g/mol. The molecule has 2 aromatic rings. The Labute approximate surface area is 134 Å². The zero-order valence-electron chi connectivity index (χ0n) is 12.0. The molecule has 0 radical (unpaired) electrons. The highest BCUT2D eigenvalue weighted by Gasteiger charge is 2.03. The van der Waals surface area contributed by atoms with E-state index in [4.69, 9.17) is 16.9 Å². The SMILES string of the molecule is N#Cc1cccc(NC(=O)CCNCc2ccccc2Cl)c1. The smallest absolute Gasteiger partial charge is 0.225 e. The summed E-state index contributed by atoms with van der Waals surface area (Å²) in [6.45, 7) is 1.17. The molecule has 22 heavy (non-hydrogen) atoms. The van der Waals surface area contributed by atoms with Gasteiger partial charge in [-0.2, -0.15) is 5.26 Å². The molecule has 5 heteroatoms. The summed E-state index contributed by atoms with van der Waals surface area (Å²) >= 11 is 6.06. The van der Waals surface area contributed by atoms with Crippen LogP contribution in [0.2, 0.25) is 5.02 Å². The van der Waals surface area contributed by atoms with Crippen molar-refractivity contribution in [3.05, 3.63) is 64.7 Å². The number of nitriles is 1. The van der Waals surface area contributed by atoms with Crippen molar-refractivity contribution in [1.29, 1.82) is 5.26 Å². The van der Waals surface area contributed by atoms with E-state index in [0.29, 0.717) is 35.8 Å². The number of nitrogens with zero attached hydrogens (tertiary/aromatic N) is 1. The topological polar surface area (TPSA) is 64.9 Å². The highest BCUT2D eigenvalue weighted by Crippen LogP contribution is 2.14. The van der Waals surface area contributed by atoms with Gasteiger partial charge in [-0.25, -0.2) is 0 Å². The highest BCUT2D eigenvalue weighted by molar-refractivity contribution is 6.31. The molecule has 0 aliphatic rings. The molecule has 0 spiro atoms. The summed E-state index contributed by atoms with van der Waals surface area (Å²) in [5.74, 6) is -0.0956. The molecule has 0 atom stereocenters. The van der Waals surface area contributed by atoms with Crippen LogP contribution >= 0.6 is 11.6 Å². The fourth-order valence-corrected chi connectivity index (χ4v) is 2.16. The third-order valence-corrected chi connectivity index (χ3v) is 3.45. The van der Waals surface area contributed by atoms with E-state index >= 15 is 0 Å². The minimum atomic E-state index is -0.0956. The summed E-state index contributed by atoms with van der Waals surface area (Å²) in [4.78, 5) is 11.8. The van der Waals surface area contributed by atoms with Gasteiger partial charge in [-0.1, -0.05) is 35.9 Å². The summed E-state index contributed by atoms with van der Waals surface area (Å²) < 4.78 is 0. The van der Waals surface area contributed by atoms with Gasteiger partial charge in [0.1, 0.15) is 0 Å². The van der Waals surface area contributed by atoms with Gasteiger partial charge < -0.3 is 10.6 Å². The van der Waals surface area contributed by atoms with Crippen molar-refractivity contribution in [3.8, 4) is 6.07 Å². The van der Waals surface area contributed by atoms with Gasteiger partial charge in [-0.05, 0) is 29.8 Å². The lowest BCUT2D eigenvalue weighted by Gasteiger charge is -2.08. The van der Waals surface area contributed by atoms with Crippen LogP contribution in [0.4, 0.5) is 5.69 Å². The largest absolute Gasteiger partial charge is 0.326 e. The van der Waals surface area contributed by atoms with Crippen molar-refractivity contribution in [2.75, 3.05) is 11.9 Å². The third kappa shape index (κ3) is 4.88. The molecular formula is C17H16ClN3O. The maximum Gasteiger partial charge on any atom is 0.225 e. The Hall–Kier alpha value is -2.35. The summed E-state index contributed by atoms with van der Waals surface area (Å²) in [5, 5.41) is 15.5. The summed E-state index contributed by atoms with van der Waals surface area (Å²) in [5.41, 5.74) is 2.16. The van der Waals surface area contributed by atoms with Crippen LogP contribution in [0.15, 0.2) is 48.5 Å². The number of benzene rings is 2. The predicted octanol–water partition coefficient (Wildman–Crippen LogP) is 3.33. The maximum absolute atomic E-state index is 11.8. The summed E-state index contributed by atoms with van der Waals surface area (Å²) in [7, 11) is 0. The van der Waals surface area contributed by atoms with E-state index < -0.39 is 0 Å². The number of carbonyl (C=O) groups excluding carboxylic acids is 1. The first-order valence-corrected chi connectivity index (χ1v) is 7.31. The molecule has 0 aliphatic heterocycles. The van der Waals surface area contributed by atoms with E-state index in [-0.39, 0.29) is 5.91 Å². The third-order valence-electron chi connectivity index (χ3n) is 3.08. The molecule has 112 valence electrons. The van der Waals surface area contributed by atoms with Gasteiger partial charge in [-0.15, -0.1) is 0 Å². The van der Waals surface area contributed by atoms with E-state index in [1.54, 1.807) is 24.3 Å². The van der Waals surface area contributed by atoms with Gasteiger partial charge in [0.25, 0.3) is 0 Å². The van der Waals surface area contributed by atoms with Crippen molar-refractivity contribution in [3.63, 3.8) is 0 Å². The molecule has 2 aromatic carbocycles. The van der Waals surface area contributed by atoms with Gasteiger partial charge in [0.05, 0.1) is 11.6 Å². The predicted molar refractivity (Wildman–Crippen MR) is 87.6 cm³/mol. The molecule has 0 aliphatic carbocycles. The van der Waals surface area contributed by atoms with E-state index in [0.717, 1.165) is 5.56 Å².